The van der Waals surface area contributed by atoms with E-state index in [0.717, 1.165) is 30.4 Å². The number of nitrogens with zero attached hydrogens (tertiary/aromatic N) is 1. The van der Waals surface area contributed by atoms with E-state index in [-0.39, 0.29) is 5.54 Å². The minimum atomic E-state index is 0.102. The quantitative estimate of drug-likeness (QED) is 0.837. The van der Waals surface area contributed by atoms with Gasteiger partial charge >= 0.3 is 0 Å². The minimum absolute atomic E-state index is 0.102. The Bertz CT molecular complexity index is 558. The number of hydrogen-bond acceptors (Lipinski definition) is 3. The zero-order chi connectivity index (χ0) is 13.7. The van der Waals surface area contributed by atoms with E-state index in [9.17, 15) is 0 Å². The molecule has 20 heavy (non-hydrogen) atoms. The summed E-state index contributed by atoms with van der Waals surface area (Å²) in [6.45, 7) is 2.01. The standard InChI is InChI=1S/C15H17Cl2N3/c16-11-3-10(4-12(17)5-11)14-19-8-15(20-14)6-9-1-2-13(15)18-7-9/h3-5,9,13,18H,1-2,6-8H2,(H,19,20). The van der Waals surface area contributed by atoms with Crippen LogP contribution in [0, 0.1) is 5.92 Å². The van der Waals surface area contributed by atoms with Gasteiger partial charge in [-0.2, -0.15) is 0 Å². The number of piperidine rings is 2. The van der Waals surface area contributed by atoms with Crippen LogP contribution in [0.3, 0.4) is 0 Å². The highest BCUT2D eigenvalue weighted by atomic mass is 35.5. The molecule has 3 aliphatic heterocycles. The number of benzene rings is 1. The summed E-state index contributed by atoms with van der Waals surface area (Å²) >= 11 is 12.2. The van der Waals surface area contributed by atoms with Crippen LogP contribution in [0.1, 0.15) is 24.8 Å². The Labute approximate surface area is 128 Å². The molecular formula is C15H17Cl2N3. The molecule has 3 nitrogen and oxygen atoms in total. The zero-order valence-electron chi connectivity index (χ0n) is 11.1. The maximum atomic E-state index is 6.09. The van der Waals surface area contributed by atoms with Gasteiger partial charge in [0.2, 0.25) is 0 Å². The molecule has 1 aromatic carbocycles. The molecule has 106 valence electrons. The average molecular weight is 310 g/mol. The average Bonchev–Trinajstić information content (AvgIpc) is 2.83. The molecule has 3 unspecified atom stereocenters. The molecule has 2 saturated heterocycles. The lowest BCUT2D eigenvalue weighted by atomic mass is 9.69. The topological polar surface area (TPSA) is 36.4 Å². The van der Waals surface area contributed by atoms with E-state index >= 15 is 0 Å². The van der Waals surface area contributed by atoms with Gasteiger partial charge in [-0.05, 0) is 49.9 Å². The van der Waals surface area contributed by atoms with Crippen LogP contribution in [0.15, 0.2) is 23.2 Å². The Kier molecular flexibility index (Phi) is 2.99. The number of halogens is 2. The molecule has 0 amide bonds. The smallest absolute Gasteiger partial charge is 0.129 e. The lowest BCUT2D eigenvalue weighted by Gasteiger charge is -2.50. The van der Waals surface area contributed by atoms with Crippen molar-refractivity contribution < 1.29 is 0 Å². The number of hydrogen-bond donors (Lipinski definition) is 2. The Morgan fingerprint density at radius 1 is 1.15 bits per heavy atom. The summed E-state index contributed by atoms with van der Waals surface area (Å²) in [5.41, 5.74) is 1.09. The van der Waals surface area contributed by atoms with E-state index in [1.807, 2.05) is 12.1 Å². The van der Waals surface area contributed by atoms with Crippen molar-refractivity contribution >= 4 is 29.0 Å². The van der Waals surface area contributed by atoms with Crippen LogP contribution in [-0.4, -0.2) is 30.5 Å². The molecule has 4 aliphatic rings. The van der Waals surface area contributed by atoms with Gasteiger partial charge < -0.3 is 10.6 Å². The molecule has 1 spiro atoms. The molecule has 5 heteroatoms. The molecule has 1 saturated carbocycles. The molecule has 5 rings (SSSR count). The van der Waals surface area contributed by atoms with Crippen molar-refractivity contribution in [2.75, 3.05) is 13.1 Å². The summed E-state index contributed by atoms with van der Waals surface area (Å²) in [5.74, 6) is 1.72. The van der Waals surface area contributed by atoms with E-state index in [1.165, 1.54) is 19.3 Å². The molecule has 1 aromatic rings. The molecule has 2 N–H and O–H groups in total. The first-order chi connectivity index (χ1) is 9.64. The van der Waals surface area contributed by atoms with Crippen LogP contribution in [-0.2, 0) is 0 Å². The van der Waals surface area contributed by atoms with Gasteiger partial charge in [-0.15, -0.1) is 0 Å². The predicted molar refractivity (Wildman–Crippen MR) is 82.9 cm³/mol. The number of rotatable bonds is 1. The molecule has 3 heterocycles. The van der Waals surface area contributed by atoms with Gasteiger partial charge in [0.05, 0.1) is 12.1 Å². The minimum Gasteiger partial charge on any atom is -0.361 e. The number of fused-ring (bicyclic) bond motifs is 2. The summed E-state index contributed by atoms with van der Waals surface area (Å²) in [6.07, 6.45) is 3.81. The third-order valence-electron chi connectivity index (χ3n) is 4.86. The lowest BCUT2D eigenvalue weighted by Crippen LogP contribution is -2.68. The Balaban J connectivity index is 1.61. The van der Waals surface area contributed by atoms with Crippen molar-refractivity contribution in [1.82, 2.24) is 10.6 Å². The highest BCUT2D eigenvalue weighted by molar-refractivity contribution is 6.35. The predicted octanol–water partition coefficient (Wildman–Crippen LogP) is 2.85. The second-order valence-electron chi connectivity index (χ2n) is 6.21. The number of nitrogens with one attached hydrogen (secondary N) is 2. The van der Waals surface area contributed by atoms with Crippen molar-refractivity contribution in [1.29, 1.82) is 0 Å². The first-order valence-electron chi connectivity index (χ1n) is 7.17. The Morgan fingerprint density at radius 2 is 1.95 bits per heavy atom. The largest absolute Gasteiger partial charge is 0.361 e. The maximum Gasteiger partial charge on any atom is 0.129 e. The fraction of sp³-hybridized carbons (Fsp3) is 0.533. The SMILES string of the molecule is Clc1cc(Cl)cc(C2=NCC3(CC4CCC3NC4)N2)c1. The fourth-order valence-electron chi connectivity index (χ4n) is 3.92. The first-order valence-corrected chi connectivity index (χ1v) is 7.93. The third kappa shape index (κ3) is 2.03. The summed E-state index contributed by atoms with van der Waals surface area (Å²) in [5, 5.41) is 8.64. The van der Waals surface area contributed by atoms with Crippen LogP contribution in [0.4, 0.5) is 0 Å². The van der Waals surface area contributed by atoms with Gasteiger partial charge in [0, 0.05) is 21.7 Å². The monoisotopic (exact) mass is 309 g/mol. The number of aliphatic imine (C=N–C) groups is 1. The Hall–Kier alpha value is -0.770. The van der Waals surface area contributed by atoms with Crippen LogP contribution >= 0.6 is 23.2 Å². The molecule has 0 radical (unpaired) electrons. The van der Waals surface area contributed by atoms with E-state index < -0.39 is 0 Å². The molecule has 3 fully saturated rings. The van der Waals surface area contributed by atoms with Crippen LogP contribution in [0.25, 0.3) is 0 Å². The second kappa shape index (κ2) is 4.62. The molecule has 2 bridgehead atoms. The maximum absolute atomic E-state index is 6.09. The van der Waals surface area contributed by atoms with E-state index in [1.54, 1.807) is 6.07 Å². The van der Waals surface area contributed by atoms with Gasteiger partial charge in [0.25, 0.3) is 0 Å². The summed E-state index contributed by atoms with van der Waals surface area (Å²) in [6, 6.07) is 6.13. The highest BCUT2D eigenvalue weighted by Gasteiger charge is 2.49. The lowest BCUT2D eigenvalue weighted by molar-refractivity contribution is 0.105. The summed E-state index contributed by atoms with van der Waals surface area (Å²) < 4.78 is 0. The summed E-state index contributed by atoms with van der Waals surface area (Å²) in [7, 11) is 0. The van der Waals surface area contributed by atoms with Crippen LogP contribution in [0.2, 0.25) is 10.0 Å². The zero-order valence-corrected chi connectivity index (χ0v) is 12.6. The van der Waals surface area contributed by atoms with E-state index in [0.29, 0.717) is 16.1 Å². The molecule has 0 aromatic heterocycles. The second-order valence-corrected chi connectivity index (χ2v) is 7.09. The van der Waals surface area contributed by atoms with Gasteiger partial charge in [-0.25, -0.2) is 0 Å². The van der Waals surface area contributed by atoms with Crippen molar-refractivity contribution in [2.45, 2.75) is 30.8 Å². The molecule has 1 aliphatic carbocycles. The van der Waals surface area contributed by atoms with Crippen LogP contribution < -0.4 is 10.6 Å². The molecular weight excluding hydrogens is 293 g/mol. The van der Waals surface area contributed by atoms with Crippen molar-refractivity contribution in [2.24, 2.45) is 10.9 Å². The van der Waals surface area contributed by atoms with Gasteiger partial charge in [-0.1, -0.05) is 23.2 Å². The normalized spacial score (nSPS) is 35.2. The molecule has 3 atom stereocenters. The number of amidine groups is 1. The van der Waals surface area contributed by atoms with Crippen molar-refractivity contribution in [3.63, 3.8) is 0 Å². The fourth-order valence-corrected chi connectivity index (χ4v) is 4.45. The van der Waals surface area contributed by atoms with Gasteiger partial charge in [0.15, 0.2) is 0 Å². The highest BCUT2D eigenvalue weighted by Crippen LogP contribution is 2.39. The van der Waals surface area contributed by atoms with E-state index in [4.69, 9.17) is 28.2 Å². The third-order valence-corrected chi connectivity index (χ3v) is 5.30. The van der Waals surface area contributed by atoms with Crippen LogP contribution in [0.5, 0.6) is 0 Å². The van der Waals surface area contributed by atoms with Gasteiger partial charge in [0.1, 0.15) is 5.84 Å². The van der Waals surface area contributed by atoms with Crippen molar-refractivity contribution in [3.05, 3.63) is 33.8 Å². The first kappa shape index (κ1) is 12.9. The van der Waals surface area contributed by atoms with Gasteiger partial charge in [-0.3, -0.25) is 4.99 Å². The van der Waals surface area contributed by atoms with E-state index in [2.05, 4.69) is 10.6 Å². The Morgan fingerprint density at radius 3 is 2.55 bits per heavy atom. The summed E-state index contributed by atoms with van der Waals surface area (Å²) in [4.78, 5) is 4.73. The van der Waals surface area contributed by atoms with Crippen molar-refractivity contribution in [3.8, 4) is 0 Å².